The molecule has 0 heterocycles. The summed E-state index contributed by atoms with van der Waals surface area (Å²) < 4.78 is 32.7. The normalized spacial score (nSPS) is 14.8. The molecule has 0 fully saturated rings. The summed E-state index contributed by atoms with van der Waals surface area (Å²) in [5.74, 6) is -1.01. The maximum atomic E-state index is 12.6. The van der Waals surface area contributed by atoms with E-state index in [0.717, 1.165) is 25.7 Å². The molecule has 12 heteroatoms. The number of aliphatic hydroxyl groups is 2. The fourth-order valence-corrected chi connectivity index (χ4v) is 7.38. The van der Waals surface area contributed by atoms with Crippen molar-refractivity contribution in [1.29, 1.82) is 0 Å². The number of aliphatic hydroxyl groups excluding tert-OH is 2. The summed E-state index contributed by atoms with van der Waals surface area (Å²) >= 11 is 0. The van der Waals surface area contributed by atoms with Gasteiger partial charge in [-0.15, -0.1) is 0 Å². The topological polar surface area (TPSA) is 175 Å². The van der Waals surface area contributed by atoms with Gasteiger partial charge in [0.15, 0.2) is 6.10 Å². The van der Waals surface area contributed by atoms with E-state index in [9.17, 15) is 29.3 Å². The van der Waals surface area contributed by atoms with Gasteiger partial charge in [0.2, 0.25) is 0 Å². The Morgan fingerprint density at radius 3 is 1.65 bits per heavy atom. The minimum absolute atomic E-state index is 0.0220. The van der Waals surface area contributed by atoms with Crippen LogP contribution >= 0.6 is 7.82 Å². The average molecular weight is 908 g/mol. The van der Waals surface area contributed by atoms with Crippen LogP contribution < -0.4 is 5.73 Å². The highest BCUT2D eigenvalue weighted by molar-refractivity contribution is 7.47. The average Bonchev–Trinajstić information content (AvgIpc) is 3.26. The summed E-state index contributed by atoms with van der Waals surface area (Å²) in [5.41, 5.74) is 5.35. The van der Waals surface area contributed by atoms with Gasteiger partial charge in [0.05, 0.1) is 25.4 Å². The molecule has 0 spiro atoms. The summed E-state index contributed by atoms with van der Waals surface area (Å²) in [4.78, 5) is 35.0. The minimum Gasteiger partial charge on any atom is -0.462 e. The van der Waals surface area contributed by atoms with Gasteiger partial charge in [-0.05, 0) is 38.5 Å². The smallest absolute Gasteiger partial charge is 0.462 e. The summed E-state index contributed by atoms with van der Waals surface area (Å²) in [7, 11) is -4.43. The molecule has 0 aromatic carbocycles. The molecule has 0 saturated heterocycles. The van der Waals surface area contributed by atoms with Gasteiger partial charge >= 0.3 is 19.8 Å². The third-order valence-corrected chi connectivity index (χ3v) is 11.3. The molecule has 4 atom stereocenters. The molecule has 0 aliphatic carbocycles. The van der Waals surface area contributed by atoms with E-state index in [1.54, 1.807) is 30.4 Å². The number of phosphoric ester groups is 1. The molecular formula is C51H90NO10P. The van der Waals surface area contributed by atoms with Crippen LogP contribution in [-0.4, -0.2) is 71.7 Å². The molecule has 0 aliphatic heterocycles. The second kappa shape index (κ2) is 45.9. The number of hydrogen-bond donors (Lipinski definition) is 4. The van der Waals surface area contributed by atoms with E-state index in [0.29, 0.717) is 32.1 Å². The molecule has 0 amide bonds. The molecule has 0 aromatic heterocycles. The summed E-state index contributed by atoms with van der Waals surface area (Å²) in [6.45, 7) is 3.34. The van der Waals surface area contributed by atoms with Crippen LogP contribution in [0.4, 0.5) is 0 Å². The van der Waals surface area contributed by atoms with Gasteiger partial charge in [0.25, 0.3) is 0 Å². The van der Waals surface area contributed by atoms with Crippen molar-refractivity contribution in [3.05, 3.63) is 72.9 Å². The zero-order valence-corrected chi connectivity index (χ0v) is 40.4. The quantitative estimate of drug-likeness (QED) is 0.0150. The number of unbranched alkanes of at least 4 members (excludes halogenated alkanes) is 21. The van der Waals surface area contributed by atoms with Crippen LogP contribution in [0, 0.1) is 0 Å². The van der Waals surface area contributed by atoms with Crippen LogP contribution in [-0.2, 0) is 32.7 Å². The first-order valence-electron chi connectivity index (χ1n) is 24.6. The Kier molecular flexibility index (Phi) is 44.0. The van der Waals surface area contributed by atoms with E-state index in [4.69, 9.17) is 24.3 Å². The van der Waals surface area contributed by atoms with Gasteiger partial charge in [-0.2, -0.15) is 0 Å². The lowest BCUT2D eigenvalue weighted by Crippen LogP contribution is -2.29. The fraction of sp³-hybridized carbons (Fsp3) is 0.725. The second-order valence-electron chi connectivity index (χ2n) is 16.4. The SMILES string of the molecule is CC/C=C\C[C@@H](O)/C=C/C=C\C/C=C\C=C\[C@@H](O)/C=C\CCCC(=O)OC[C@H](COP(=O)(O)OCCN)OC(=O)CCCCCCCCCCCCCCCCCCCCCCC. The van der Waals surface area contributed by atoms with Gasteiger partial charge in [-0.3, -0.25) is 18.6 Å². The maximum absolute atomic E-state index is 12.6. The van der Waals surface area contributed by atoms with Crippen molar-refractivity contribution in [2.24, 2.45) is 5.73 Å². The van der Waals surface area contributed by atoms with Crippen molar-refractivity contribution in [2.45, 2.75) is 212 Å². The van der Waals surface area contributed by atoms with Gasteiger partial charge < -0.3 is 30.3 Å². The number of carbonyl (C=O) groups excluding carboxylic acids is 2. The van der Waals surface area contributed by atoms with Crippen molar-refractivity contribution in [3.63, 3.8) is 0 Å². The third-order valence-electron chi connectivity index (χ3n) is 10.3. The molecule has 0 radical (unpaired) electrons. The number of hydrogen-bond acceptors (Lipinski definition) is 10. The first kappa shape index (κ1) is 60.4. The molecule has 0 aliphatic rings. The molecule has 364 valence electrons. The lowest BCUT2D eigenvalue weighted by atomic mass is 10.0. The first-order valence-corrected chi connectivity index (χ1v) is 26.1. The number of phosphoric acid groups is 1. The van der Waals surface area contributed by atoms with Crippen LogP contribution in [0.25, 0.3) is 0 Å². The van der Waals surface area contributed by atoms with Crippen molar-refractivity contribution in [3.8, 4) is 0 Å². The Morgan fingerprint density at radius 1 is 0.587 bits per heavy atom. The van der Waals surface area contributed by atoms with Gasteiger partial charge in [-0.25, -0.2) is 4.57 Å². The van der Waals surface area contributed by atoms with Crippen molar-refractivity contribution >= 4 is 19.8 Å². The van der Waals surface area contributed by atoms with Gasteiger partial charge in [0.1, 0.15) is 6.61 Å². The molecule has 0 aromatic rings. The van der Waals surface area contributed by atoms with Gasteiger partial charge in [0, 0.05) is 19.4 Å². The Bertz CT molecular complexity index is 1300. The zero-order chi connectivity index (χ0) is 46.3. The number of carbonyl (C=O) groups is 2. The third kappa shape index (κ3) is 45.7. The molecule has 1 unspecified atom stereocenters. The summed E-state index contributed by atoms with van der Waals surface area (Å²) in [6.07, 6.45) is 50.1. The molecule has 0 bridgehead atoms. The number of esters is 2. The van der Waals surface area contributed by atoms with E-state index in [1.807, 2.05) is 42.5 Å². The Labute approximate surface area is 383 Å². The number of nitrogens with two attached hydrogens (primary N) is 1. The molecule has 5 N–H and O–H groups in total. The monoisotopic (exact) mass is 908 g/mol. The van der Waals surface area contributed by atoms with E-state index < -0.39 is 44.7 Å². The summed E-state index contributed by atoms with van der Waals surface area (Å²) in [6, 6.07) is 0. The molecule has 63 heavy (non-hydrogen) atoms. The standard InChI is InChI=1S/C51H90NO10P/c1-3-5-7-8-9-10-11-12-13-14-15-16-17-18-19-20-21-22-26-29-35-42-51(56)62-49(46-61-63(57,58)60-44-43-52)45-59-50(55)41-36-30-34-40-48(54)39-33-28-25-23-24-27-32-38-47(53)37-31-6-4-2/h6,24-25,27-28,31-34,38-40,47-49,53-54H,3-5,7-23,26,29-30,35-37,41-46,52H2,1-2H3,(H,57,58)/b27-24-,28-25-,31-6-,38-32+,39-33+,40-34-/t47-,48-,49-/m1/s1. The van der Waals surface area contributed by atoms with E-state index in [1.165, 1.54) is 109 Å². The van der Waals surface area contributed by atoms with Crippen LogP contribution in [0.15, 0.2) is 72.9 Å². The van der Waals surface area contributed by atoms with Crippen LogP contribution in [0.3, 0.4) is 0 Å². The predicted octanol–water partition coefficient (Wildman–Crippen LogP) is 12.6. The Balaban J connectivity index is 4.28. The van der Waals surface area contributed by atoms with Crippen LogP contribution in [0.1, 0.15) is 194 Å². The summed E-state index contributed by atoms with van der Waals surface area (Å²) in [5, 5.41) is 20.0. The predicted molar refractivity (Wildman–Crippen MR) is 259 cm³/mol. The Hall–Kier alpha value is -2.63. The van der Waals surface area contributed by atoms with Crippen LogP contribution in [0.5, 0.6) is 0 Å². The van der Waals surface area contributed by atoms with E-state index in [-0.39, 0.29) is 32.6 Å². The van der Waals surface area contributed by atoms with E-state index >= 15 is 0 Å². The molecule has 0 rings (SSSR count). The largest absolute Gasteiger partial charge is 0.472 e. The van der Waals surface area contributed by atoms with Gasteiger partial charge in [-0.1, -0.05) is 215 Å². The van der Waals surface area contributed by atoms with Crippen molar-refractivity contribution in [1.82, 2.24) is 0 Å². The van der Waals surface area contributed by atoms with Crippen molar-refractivity contribution < 1.29 is 47.8 Å². The Morgan fingerprint density at radius 2 is 1.11 bits per heavy atom. The minimum atomic E-state index is -4.43. The second-order valence-corrected chi connectivity index (χ2v) is 17.8. The highest BCUT2D eigenvalue weighted by Gasteiger charge is 2.26. The lowest BCUT2D eigenvalue weighted by Gasteiger charge is -2.19. The van der Waals surface area contributed by atoms with Crippen molar-refractivity contribution in [2.75, 3.05) is 26.4 Å². The lowest BCUT2D eigenvalue weighted by molar-refractivity contribution is -0.161. The molecular weight excluding hydrogens is 818 g/mol. The number of ether oxygens (including phenoxy) is 2. The number of rotatable bonds is 45. The molecule has 0 saturated carbocycles. The first-order chi connectivity index (χ1) is 30.6. The number of allylic oxidation sites excluding steroid dienone is 8. The maximum Gasteiger partial charge on any atom is 0.472 e. The highest BCUT2D eigenvalue weighted by atomic mass is 31.2. The van der Waals surface area contributed by atoms with E-state index in [2.05, 4.69) is 13.8 Å². The zero-order valence-electron chi connectivity index (χ0n) is 39.5. The van der Waals surface area contributed by atoms with Crippen LogP contribution in [0.2, 0.25) is 0 Å². The highest BCUT2D eigenvalue weighted by Crippen LogP contribution is 2.43. The molecule has 11 nitrogen and oxygen atoms in total. The fourth-order valence-electron chi connectivity index (χ4n) is 6.61.